The van der Waals surface area contributed by atoms with Crippen molar-refractivity contribution in [3.63, 3.8) is 0 Å². The summed E-state index contributed by atoms with van der Waals surface area (Å²) in [4.78, 5) is 25.7. The molecule has 0 saturated carbocycles. The normalized spacial score (nSPS) is 16.7. The first-order valence-corrected chi connectivity index (χ1v) is 12.7. The number of halogens is 3. The van der Waals surface area contributed by atoms with Crippen LogP contribution in [-0.4, -0.2) is 53.9 Å². The minimum atomic E-state index is -4.86. The molecule has 1 rings (SSSR count). The van der Waals surface area contributed by atoms with Crippen LogP contribution in [0.3, 0.4) is 0 Å². The molecule has 0 heterocycles. The van der Waals surface area contributed by atoms with Crippen molar-refractivity contribution in [3.8, 4) is 0 Å². The van der Waals surface area contributed by atoms with Gasteiger partial charge < -0.3 is 24.1 Å². The molecule has 0 bridgehead atoms. The van der Waals surface area contributed by atoms with Gasteiger partial charge in [-0.05, 0) is 66.9 Å². The third kappa shape index (κ3) is 10.5. The van der Waals surface area contributed by atoms with Crippen molar-refractivity contribution in [2.75, 3.05) is 13.2 Å². The van der Waals surface area contributed by atoms with E-state index in [1.807, 2.05) is 30.3 Å². The summed E-state index contributed by atoms with van der Waals surface area (Å²) >= 11 is 0. The largest absolute Gasteiger partial charge is 0.463 e. The first-order valence-electron chi connectivity index (χ1n) is 12.7. The summed E-state index contributed by atoms with van der Waals surface area (Å²) in [6.07, 6.45) is -6.53. The highest BCUT2D eigenvalue weighted by molar-refractivity contribution is 5.80. The Bertz CT molecular complexity index is 897. The number of ether oxygens (including phenoxy) is 4. The first-order chi connectivity index (χ1) is 17.2. The van der Waals surface area contributed by atoms with Gasteiger partial charge in [-0.3, -0.25) is 9.59 Å². The van der Waals surface area contributed by atoms with Crippen LogP contribution in [0.25, 0.3) is 0 Å². The summed E-state index contributed by atoms with van der Waals surface area (Å²) in [6, 6.07) is 9.61. The van der Waals surface area contributed by atoms with Crippen LogP contribution in [-0.2, 0) is 35.1 Å². The minimum Gasteiger partial charge on any atom is -0.463 e. The van der Waals surface area contributed by atoms with Gasteiger partial charge in [0.15, 0.2) is 11.4 Å². The van der Waals surface area contributed by atoms with Crippen LogP contribution in [0.2, 0.25) is 0 Å². The van der Waals surface area contributed by atoms with Gasteiger partial charge in [-0.1, -0.05) is 37.3 Å². The van der Waals surface area contributed by atoms with Gasteiger partial charge in [0.25, 0.3) is 0 Å². The van der Waals surface area contributed by atoms with Gasteiger partial charge in [-0.2, -0.15) is 13.2 Å². The number of aliphatic hydroxyl groups is 1. The molecule has 7 nitrogen and oxygen atoms in total. The molecule has 0 amide bonds. The van der Waals surface area contributed by atoms with Crippen LogP contribution in [0.5, 0.6) is 0 Å². The SMILES string of the molecule is CCC(C)(CC(C)(C)C(=O)OCCOC(C)(C)OCc1ccccc1)C(=O)OC(C)CC(C)(O)C(F)(F)F. The summed E-state index contributed by atoms with van der Waals surface area (Å²) in [5.74, 6) is -2.20. The third-order valence-electron chi connectivity index (χ3n) is 6.46. The average molecular weight is 549 g/mol. The van der Waals surface area contributed by atoms with Gasteiger partial charge >= 0.3 is 18.1 Å². The molecule has 1 aromatic rings. The van der Waals surface area contributed by atoms with E-state index in [-0.39, 0.29) is 26.1 Å². The number of carbonyl (C=O) groups excluding carboxylic acids is 2. The molecule has 0 aliphatic carbocycles. The fourth-order valence-electron chi connectivity index (χ4n) is 3.92. The van der Waals surface area contributed by atoms with Crippen molar-refractivity contribution in [2.45, 2.75) is 105 Å². The van der Waals surface area contributed by atoms with Gasteiger partial charge in [0, 0.05) is 6.42 Å². The lowest BCUT2D eigenvalue weighted by atomic mass is 9.72. The second-order valence-electron chi connectivity index (χ2n) is 11.3. The van der Waals surface area contributed by atoms with E-state index in [2.05, 4.69) is 0 Å². The highest BCUT2D eigenvalue weighted by atomic mass is 19.4. The Kier molecular flexibility index (Phi) is 11.8. The molecule has 0 spiro atoms. The molecular weight excluding hydrogens is 505 g/mol. The zero-order valence-corrected chi connectivity index (χ0v) is 23.7. The Morgan fingerprint density at radius 1 is 0.921 bits per heavy atom. The molecule has 0 radical (unpaired) electrons. The Morgan fingerprint density at radius 3 is 2.03 bits per heavy atom. The van der Waals surface area contributed by atoms with Crippen LogP contribution in [0.1, 0.15) is 80.2 Å². The van der Waals surface area contributed by atoms with Crippen LogP contribution >= 0.6 is 0 Å². The van der Waals surface area contributed by atoms with Crippen LogP contribution in [0.4, 0.5) is 13.2 Å². The van der Waals surface area contributed by atoms with Crippen molar-refractivity contribution >= 4 is 11.9 Å². The number of hydrogen-bond donors (Lipinski definition) is 1. The number of hydrogen-bond acceptors (Lipinski definition) is 7. The minimum absolute atomic E-state index is 0.0305. The van der Waals surface area contributed by atoms with Crippen molar-refractivity contribution in [1.29, 1.82) is 0 Å². The molecule has 0 aromatic heterocycles. The Labute approximate surface area is 224 Å². The summed E-state index contributed by atoms with van der Waals surface area (Å²) in [5, 5.41) is 9.69. The van der Waals surface area contributed by atoms with Gasteiger partial charge in [0.2, 0.25) is 0 Å². The van der Waals surface area contributed by atoms with Gasteiger partial charge in [-0.15, -0.1) is 0 Å². The maximum absolute atomic E-state index is 13.0. The summed E-state index contributed by atoms with van der Waals surface area (Å²) < 4.78 is 61.1. The molecular formula is C28H43F3O7. The molecule has 0 aliphatic heterocycles. The van der Waals surface area contributed by atoms with Crippen molar-refractivity contribution in [1.82, 2.24) is 0 Å². The molecule has 218 valence electrons. The average Bonchev–Trinajstić information content (AvgIpc) is 2.79. The number of alkyl halides is 3. The van der Waals surface area contributed by atoms with Crippen molar-refractivity contribution < 1.29 is 46.8 Å². The topological polar surface area (TPSA) is 91.3 Å². The first kappa shape index (κ1) is 33.9. The number of rotatable bonds is 15. The number of carbonyl (C=O) groups is 2. The Morgan fingerprint density at radius 2 is 1.50 bits per heavy atom. The van der Waals surface area contributed by atoms with E-state index in [0.29, 0.717) is 13.5 Å². The maximum Gasteiger partial charge on any atom is 0.417 e. The van der Waals surface area contributed by atoms with Gasteiger partial charge in [0.1, 0.15) is 12.7 Å². The molecule has 1 aromatic carbocycles. The lowest BCUT2D eigenvalue weighted by Crippen LogP contribution is -2.46. The zero-order chi connectivity index (χ0) is 29.4. The molecule has 0 fully saturated rings. The summed E-state index contributed by atoms with van der Waals surface area (Å²) in [7, 11) is 0. The van der Waals surface area contributed by atoms with Crippen LogP contribution < -0.4 is 0 Å². The highest BCUT2D eigenvalue weighted by Crippen LogP contribution is 2.40. The van der Waals surface area contributed by atoms with Crippen molar-refractivity contribution in [3.05, 3.63) is 35.9 Å². The van der Waals surface area contributed by atoms with E-state index < -0.39 is 52.9 Å². The molecule has 1 N–H and O–H groups in total. The molecule has 0 saturated heterocycles. The van der Waals surface area contributed by atoms with Gasteiger partial charge in [-0.25, -0.2) is 0 Å². The fraction of sp³-hybridized carbons (Fsp3) is 0.714. The van der Waals surface area contributed by atoms with E-state index in [9.17, 15) is 27.9 Å². The van der Waals surface area contributed by atoms with E-state index in [1.165, 1.54) is 6.92 Å². The number of benzene rings is 1. The molecule has 3 atom stereocenters. The standard InChI is InChI=1S/C28H43F3O7/c1-9-26(7,23(33)38-20(2)17-27(8,34)28(29,30)31)19-24(3,4)22(32)35-15-16-36-25(5,6)37-18-21-13-11-10-12-14-21/h10-14,20,34H,9,15-19H2,1-8H3. The fourth-order valence-corrected chi connectivity index (χ4v) is 3.92. The van der Waals surface area contributed by atoms with Crippen LogP contribution in [0, 0.1) is 10.8 Å². The van der Waals surface area contributed by atoms with E-state index in [1.54, 1.807) is 41.5 Å². The third-order valence-corrected chi connectivity index (χ3v) is 6.46. The Hall–Kier alpha value is -2.17. The van der Waals surface area contributed by atoms with E-state index >= 15 is 0 Å². The predicted molar refractivity (Wildman–Crippen MR) is 136 cm³/mol. The smallest absolute Gasteiger partial charge is 0.417 e. The summed E-state index contributed by atoms with van der Waals surface area (Å²) in [5.41, 5.74) is -4.26. The quantitative estimate of drug-likeness (QED) is 0.164. The number of esters is 2. The lowest BCUT2D eigenvalue weighted by Gasteiger charge is -2.35. The molecule has 3 unspecified atom stereocenters. The highest BCUT2D eigenvalue weighted by Gasteiger charge is 2.51. The lowest BCUT2D eigenvalue weighted by molar-refractivity contribution is -0.261. The Balaban J connectivity index is 2.61. The molecule has 38 heavy (non-hydrogen) atoms. The monoisotopic (exact) mass is 548 g/mol. The molecule has 0 aliphatic rings. The van der Waals surface area contributed by atoms with E-state index in [4.69, 9.17) is 18.9 Å². The van der Waals surface area contributed by atoms with E-state index in [0.717, 1.165) is 5.56 Å². The predicted octanol–water partition coefficient (Wildman–Crippen LogP) is 5.97. The van der Waals surface area contributed by atoms with Crippen molar-refractivity contribution in [2.24, 2.45) is 10.8 Å². The van der Waals surface area contributed by atoms with Gasteiger partial charge in [0.05, 0.1) is 24.0 Å². The molecule has 10 heteroatoms. The second-order valence-corrected chi connectivity index (χ2v) is 11.3. The van der Waals surface area contributed by atoms with Crippen LogP contribution in [0.15, 0.2) is 30.3 Å². The zero-order valence-electron chi connectivity index (χ0n) is 23.7. The maximum atomic E-state index is 13.0. The summed E-state index contributed by atoms with van der Waals surface area (Å²) in [6.45, 7) is 12.4. The second kappa shape index (κ2) is 13.3.